The van der Waals surface area contributed by atoms with Gasteiger partial charge in [0.2, 0.25) is 10.0 Å². The van der Waals surface area contributed by atoms with Crippen LogP contribution in [0, 0.1) is 0 Å². The average molecular weight is 285 g/mol. The van der Waals surface area contributed by atoms with Crippen LogP contribution in [-0.2, 0) is 16.4 Å². The minimum absolute atomic E-state index is 0. The highest BCUT2D eigenvalue weighted by atomic mass is 35.5. The summed E-state index contributed by atoms with van der Waals surface area (Å²) in [6, 6.07) is 3.88. The molecular formula is C9H17ClN2O2S2. The first-order valence-electron chi connectivity index (χ1n) is 4.78. The number of thiophene rings is 1. The van der Waals surface area contributed by atoms with Crippen LogP contribution in [0.1, 0.15) is 4.88 Å². The van der Waals surface area contributed by atoms with Gasteiger partial charge in [0.15, 0.2) is 0 Å². The van der Waals surface area contributed by atoms with Gasteiger partial charge < -0.3 is 5.32 Å². The highest BCUT2D eigenvalue weighted by Crippen LogP contribution is 2.09. The lowest BCUT2D eigenvalue weighted by molar-refractivity contribution is 0.579. The third-order valence-electron chi connectivity index (χ3n) is 1.89. The van der Waals surface area contributed by atoms with Gasteiger partial charge in [-0.3, -0.25) is 0 Å². The van der Waals surface area contributed by atoms with Crippen LogP contribution in [0.4, 0.5) is 0 Å². The van der Waals surface area contributed by atoms with Crippen LogP contribution in [0.3, 0.4) is 0 Å². The Morgan fingerprint density at radius 2 is 2.12 bits per heavy atom. The first-order valence-corrected chi connectivity index (χ1v) is 7.31. The van der Waals surface area contributed by atoms with Gasteiger partial charge in [-0.2, -0.15) is 0 Å². The van der Waals surface area contributed by atoms with Crippen molar-refractivity contribution in [2.75, 3.05) is 25.9 Å². The number of hydrogen-bond acceptors (Lipinski definition) is 4. The fourth-order valence-electron chi connectivity index (χ4n) is 1.09. The van der Waals surface area contributed by atoms with Crippen molar-refractivity contribution in [1.82, 2.24) is 10.0 Å². The van der Waals surface area contributed by atoms with Gasteiger partial charge in [0.1, 0.15) is 0 Å². The smallest absolute Gasteiger partial charge is 0.211 e. The molecule has 0 bridgehead atoms. The third-order valence-corrected chi connectivity index (χ3v) is 4.22. The van der Waals surface area contributed by atoms with E-state index in [9.17, 15) is 8.42 Å². The molecule has 0 fully saturated rings. The molecule has 0 aliphatic carbocycles. The fourth-order valence-corrected chi connectivity index (χ4v) is 2.98. The van der Waals surface area contributed by atoms with Crippen molar-refractivity contribution in [3.63, 3.8) is 0 Å². The van der Waals surface area contributed by atoms with E-state index in [2.05, 4.69) is 10.0 Å². The van der Waals surface area contributed by atoms with E-state index in [4.69, 9.17) is 0 Å². The number of halogens is 1. The van der Waals surface area contributed by atoms with Gasteiger partial charge in [-0.15, -0.1) is 23.7 Å². The Balaban J connectivity index is 0.00000225. The van der Waals surface area contributed by atoms with E-state index in [1.54, 1.807) is 18.4 Å². The standard InChI is InChI=1S/C9H16N2O2S2.ClH/c1-10-5-6-11-15(12,13)8-4-9-3-2-7-14-9;/h2-3,7,10-11H,4-6,8H2,1H3;1H. The molecule has 1 aromatic heterocycles. The lowest BCUT2D eigenvalue weighted by atomic mass is 10.4. The molecule has 0 aliphatic heterocycles. The molecule has 0 aliphatic rings. The topological polar surface area (TPSA) is 58.2 Å². The van der Waals surface area contributed by atoms with Crippen molar-refractivity contribution < 1.29 is 8.42 Å². The summed E-state index contributed by atoms with van der Waals surface area (Å²) in [4.78, 5) is 1.11. The molecule has 1 aromatic rings. The summed E-state index contributed by atoms with van der Waals surface area (Å²) in [6.07, 6.45) is 0.590. The summed E-state index contributed by atoms with van der Waals surface area (Å²) in [6.45, 7) is 1.10. The van der Waals surface area contributed by atoms with Gasteiger partial charge >= 0.3 is 0 Å². The lowest BCUT2D eigenvalue weighted by Gasteiger charge is -2.05. The average Bonchev–Trinajstić information content (AvgIpc) is 2.68. The quantitative estimate of drug-likeness (QED) is 0.730. The van der Waals surface area contributed by atoms with Crippen molar-refractivity contribution in [1.29, 1.82) is 0 Å². The number of nitrogens with one attached hydrogen (secondary N) is 2. The van der Waals surface area contributed by atoms with Gasteiger partial charge in [-0.25, -0.2) is 13.1 Å². The van der Waals surface area contributed by atoms with E-state index >= 15 is 0 Å². The van der Waals surface area contributed by atoms with Crippen molar-refractivity contribution >= 4 is 33.8 Å². The van der Waals surface area contributed by atoms with Crippen LogP contribution in [0.5, 0.6) is 0 Å². The maximum absolute atomic E-state index is 11.5. The Morgan fingerprint density at radius 1 is 1.38 bits per heavy atom. The van der Waals surface area contributed by atoms with Gasteiger partial charge in [0.05, 0.1) is 5.75 Å². The van der Waals surface area contributed by atoms with Gasteiger partial charge in [0.25, 0.3) is 0 Å². The Labute approximate surface area is 107 Å². The van der Waals surface area contributed by atoms with Gasteiger partial charge in [-0.05, 0) is 24.9 Å². The molecule has 2 N–H and O–H groups in total. The van der Waals surface area contributed by atoms with E-state index in [1.807, 2.05) is 17.5 Å². The summed E-state index contributed by atoms with van der Waals surface area (Å²) in [5, 5.41) is 4.84. The van der Waals surface area contributed by atoms with Crippen molar-refractivity contribution in [2.45, 2.75) is 6.42 Å². The van der Waals surface area contributed by atoms with Crippen LogP contribution in [0.2, 0.25) is 0 Å². The number of hydrogen-bond donors (Lipinski definition) is 2. The molecule has 1 rings (SSSR count). The maximum Gasteiger partial charge on any atom is 0.211 e. The molecule has 0 saturated carbocycles. The van der Waals surface area contributed by atoms with Crippen LogP contribution >= 0.6 is 23.7 Å². The number of aryl methyl sites for hydroxylation is 1. The van der Waals surface area contributed by atoms with Crippen molar-refractivity contribution in [3.8, 4) is 0 Å². The summed E-state index contributed by atoms with van der Waals surface area (Å²) < 4.78 is 25.5. The third kappa shape index (κ3) is 6.44. The molecule has 0 spiro atoms. The number of sulfonamides is 1. The van der Waals surface area contributed by atoms with Crippen molar-refractivity contribution in [3.05, 3.63) is 22.4 Å². The Hall–Kier alpha value is -0.140. The van der Waals surface area contributed by atoms with Crippen LogP contribution in [0.15, 0.2) is 17.5 Å². The van der Waals surface area contributed by atoms with Crippen molar-refractivity contribution in [2.24, 2.45) is 0 Å². The van der Waals surface area contributed by atoms with Gasteiger partial charge in [0, 0.05) is 18.0 Å². The minimum atomic E-state index is -3.11. The second kappa shape index (κ2) is 8.03. The molecule has 16 heavy (non-hydrogen) atoms. The van der Waals surface area contributed by atoms with Crippen LogP contribution in [-0.4, -0.2) is 34.3 Å². The zero-order valence-corrected chi connectivity index (χ0v) is 11.6. The second-order valence-corrected chi connectivity index (χ2v) is 6.10. The minimum Gasteiger partial charge on any atom is -0.318 e. The molecule has 94 valence electrons. The molecule has 0 atom stereocenters. The summed E-state index contributed by atoms with van der Waals surface area (Å²) in [5.74, 6) is 0.164. The molecule has 0 amide bonds. The Kier molecular flexibility index (Phi) is 7.96. The molecule has 4 nitrogen and oxygen atoms in total. The predicted molar refractivity (Wildman–Crippen MR) is 71.0 cm³/mol. The lowest BCUT2D eigenvalue weighted by Crippen LogP contribution is -2.32. The number of rotatable bonds is 7. The second-order valence-electron chi connectivity index (χ2n) is 3.15. The predicted octanol–water partition coefficient (Wildman–Crippen LogP) is 0.851. The first-order chi connectivity index (χ1) is 7.14. The molecule has 0 unspecified atom stereocenters. The zero-order chi connectivity index (χ0) is 11.1. The number of likely N-dealkylation sites (N-methyl/N-ethyl adjacent to an activating group) is 1. The summed E-state index contributed by atoms with van der Waals surface area (Å²) >= 11 is 1.59. The maximum atomic E-state index is 11.5. The summed E-state index contributed by atoms with van der Waals surface area (Å²) in [7, 11) is -1.32. The largest absolute Gasteiger partial charge is 0.318 e. The van der Waals surface area contributed by atoms with E-state index < -0.39 is 10.0 Å². The Bertz CT molecular complexity index is 365. The SMILES string of the molecule is CNCCNS(=O)(=O)CCc1cccs1.Cl. The molecule has 7 heteroatoms. The van der Waals surface area contributed by atoms with E-state index in [-0.39, 0.29) is 18.2 Å². The highest BCUT2D eigenvalue weighted by Gasteiger charge is 2.09. The highest BCUT2D eigenvalue weighted by molar-refractivity contribution is 7.89. The van der Waals surface area contributed by atoms with Crippen LogP contribution < -0.4 is 10.0 Å². The van der Waals surface area contributed by atoms with E-state index in [1.165, 1.54) is 0 Å². The van der Waals surface area contributed by atoms with E-state index in [0.717, 1.165) is 4.88 Å². The fraction of sp³-hybridized carbons (Fsp3) is 0.556. The molecule has 0 aromatic carbocycles. The summed E-state index contributed by atoms with van der Waals surface area (Å²) in [5.41, 5.74) is 0. The normalized spacial score (nSPS) is 11.1. The molecule has 0 saturated heterocycles. The van der Waals surface area contributed by atoms with Gasteiger partial charge in [-0.1, -0.05) is 6.07 Å². The van der Waals surface area contributed by atoms with E-state index in [0.29, 0.717) is 19.5 Å². The van der Waals surface area contributed by atoms with Crippen LogP contribution in [0.25, 0.3) is 0 Å². The molecule has 0 radical (unpaired) electrons. The zero-order valence-electron chi connectivity index (χ0n) is 9.10. The molecule has 1 heterocycles. The monoisotopic (exact) mass is 284 g/mol. The molecular weight excluding hydrogens is 268 g/mol. The first kappa shape index (κ1) is 15.9. The Morgan fingerprint density at radius 3 is 2.69 bits per heavy atom.